The third-order valence-corrected chi connectivity index (χ3v) is 13.4. The van der Waals surface area contributed by atoms with E-state index in [-0.39, 0.29) is 54.8 Å². The minimum absolute atomic E-state index is 0.00279. The fourth-order valence-corrected chi connectivity index (χ4v) is 9.78. The SMILES string of the molecule is Cn1nc(N2CCC(=O)NC2=O)c2ccc(C3CCN(CC(CCC#N)Cc4cc(S(=O)(=O)N5CCC(Nc6ncc(C(F)(F)F)cn6)CC5)ccc4C#N)CC3)cc21. The third kappa shape index (κ3) is 9.32. The maximum atomic E-state index is 13.9. The van der Waals surface area contributed by atoms with Crippen LogP contribution >= 0.6 is 0 Å². The smallest absolute Gasteiger partial charge is 0.351 e. The molecule has 19 heteroatoms. The van der Waals surface area contributed by atoms with Gasteiger partial charge in [0.1, 0.15) is 0 Å². The first-order valence-corrected chi connectivity index (χ1v) is 21.0. The van der Waals surface area contributed by atoms with Gasteiger partial charge in [-0.15, -0.1) is 0 Å². The molecular formula is C40H44F3N11O4S. The lowest BCUT2D eigenvalue weighted by atomic mass is 9.87. The molecule has 2 aromatic heterocycles. The molecule has 2 N–H and O–H groups in total. The Hall–Kier alpha value is -5.63. The number of benzene rings is 2. The summed E-state index contributed by atoms with van der Waals surface area (Å²) in [7, 11) is -2.09. The zero-order valence-corrected chi connectivity index (χ0v) is 33.3. The van der Waals surface area contributed by atoms with Crippen LogP contribution in [0.4, 0.5) is 29.7 Å². The quantitative estimate of drug-likeness (QED) is 0.188. The second-order valence-electron chi connectivity index (χ2n) is 15.4. The van der Waals surface area contributed by atoms with Gasteiger partial charge in [-0.3, -0.25) is 19.7 Å². The van der Waals surface area contributed by atoms with Gasteiger partial charge in [-0.05, 0) is 105 Å². The Balaban J connectivity index is 0.971. The molecule has 3 aliphatic heterocycles. The van der Waals surface area contributed by atoms with Crippen molar-refractivity contribution < 1.29 is 31.2 Å². The van der Waals surface area contributed by atoms with Crippen LogP contribution in [-0.4, -0.2) is 94.6 Å². The number of imide groups is 1. The molecular weight excluding hydrogens is 788 g/mol. The molecule has 310 valence electrons. The van der Waals surface area contributed by atoms with Crippen LogP contribution < -0.4 is 15.5 Å². The summed E-state index contributed by atoms with van der Waals surface area (Å²) < 4.78 is 69.5. The minimum Gasteiger partial charge on any atom is -0.351 e. The van der Waals surface area contributed by atoms with Crippen molar-refractivity contribution in [3.8, 4) is 12.1 Å². The van der Waals surface area contributed by atoms with Crippen LogP contribution in [0.15, 0.2) is 53.7 Å². The molecule has 3 amide bonds. The number of hydrogen-bond acceptors (Lipinski definition) is 11. The van der Waals surface area contributed by atoms with E-state index in [1.807, 2.05) is 13.1 Å². The predicted molar refractivity (Wildman–Crippen MR) is 210 cm³/mol. The molecule has 7 rings (SSSR count). The van der Waals surface area contributed by atoms with E-state index in [0.29, 0.717) is 73.9 Å². The minimum atomic E-state index is -4.55. The van der Waals surface area contributed by atoms with Crippen molar-refractivity contribution in [3.63, 3.8) is 0 Å². The van der Waals surface area contributed by atoms with Gasteiger partial charge in [-0.2, -0.15) is 33.1 Å². The van der Waals surface area contributed by atoms with Gasteiger partial charge in [-0.1, -0.05) is 6.07 Å². The van der Waals surface area contributed by atoms with Gasteiger partial charge in [0, 0.05) is 69.9 Å². The van der Waals surface area contributed by atoms with Crippen molar-refractivity contribution in [1.29, 1.82) is 10.5 Å². The lowest BCUT2D eigenvalue weighted by Gasteiger charge is -2.34. The van der Waals surface area contributed by atoms with E-state index in [1.165, 1.54) is 26.9 Å². The molecule has 0 bridgehead atoms. The van der Waals surface area contributed by atoms with Crippen molar-refractivity contribution in [2.45, 2.75) is 74.4 Å². The number of fused-ring (bicyclic) bond motifs is 1. The number of carbonyl (C=O) groups is 2. The van der Waals surface area contributed by atoms with Crippen LogP contribution in [0, 0.1) is 28.6 Å². The average Bonchev–Trinajstić information content (AvgIpc) is 3.55. The second-order valence-corrected chi connectivity index (χ2v) is 17.3. The Morgan fingerprint density at radius 2 is 1.71 bits per heavy atom. The fraction of sp³-hybridized carbons (Fsp3) is 0.475. The van der Waals surface area contributed by atoms with Crippen LogP contribution in [0.5, 0.6) is 0 Å². The van der Waals surface area contributed by atoms with Gasteiger partial charge < -0.3 is 10.2 Å². The van der Waals surface area contributed by atoms with Crippen molar-refractivity contribution in [2.24, 2.45) is 13.0 Å². The molecule has 4 aromatic rings. The van der Waals surface area contributed by atoms with Gasteiger partial charge in [0.05, 0.1) is 33.7 Å². The molecule has 2 aromatic carbocycles. The molecule has 0 spiro atoms. The van der Waals surface area contributed by atoms with E-state index in [9.17, 15) is 41.7 Å². The van der Waals surface area contributed by atoms with Crippen LogP contribution in [0.3, 0.4) is 0 Å². The summed E-state index contributed by atoms with van der Waals surface area (Å²) in [6.07, 6.45) is 0.998. The number of aromatic nitrogens is 4. The van der Waals surface area contributed by atoms with E-state index in [4.69, 9.17) is 0 Å². The highest BCUT2D eigenvalue weighted by Crippen LogP contribution is 2.35. The number of nitrogens with zero attached hydrogens (tertiary/aromatic N) is 9. The van der Waals surface area contributed by atoms with Crippen LogP contribution in [0.25, 0.3) is 10.9 Å². The molecule has 0 saturated carbocycles. The number of likely N-dealkylation sites (tertiary alicyclic amines) is 1. The lowest BCUT2D eigenvalue weighted by molar-refractivity contribution is -0.138. The largest absolute Gasteiger partial charge is 0.419 e. The van der Waals surface area contributed by atoms with Crippen molar-refractivity contribution >= 4 is 44.6 Å². The Bertz CT molecular complexity index is 2390. The number of sulfonamides is 1. The molecule has 5 heterocycles. The zero-order chi connectivity index (χ0) is 41.9. The van der Waals surface area contributed by atoms with E-state index in [2.05, 4.69) is 54.9 Å². The molecule has 3 fully saturated rings. The maximum absolute atomic E-state index is 13.9. The number of halogens is 3. The second kappa shape index (κ2) is 17.3. The lowest BCUT2D eigenvalue weighted by Crippen LogP contribution is -2.49. The molecule has 15 nitrogen and oxygen atoms in total. The summed E-state index contributed by atoms with van der Waals surface area (Å²) >= 11 is 0. The van der Waals surface area contributed by atoms with Gasteiger partial charge in [0.2, 0.25) is 21.9 Å². The van der Waals surface area contributed by atoms with Crippen LogP contribution in [0.2, 0.25) is 0 Å². The molecule has 1 unspecified atom stereocenters. The Labute approximate surface area is 339 Å². The number of urea groups is 1. The zero-order valence-electron chi connectivity index (χ0n) is 32.5. The average molecular weight is 832 g/mol. The van der Waals surface area contributed by atoms with E-state index in [0.717, 1.165) is 36.8 Å². The van der Waals surface area contributed by atoms with Gasteiger partial charge >= 0.3 is 12.2 Å². The number of piperidine rings is 2. The van der Waals surface area contributed by atoms with Gasteiger partial charge in [-0.25, -0.2) is 23.2 Å². The van der Waals surface area contributed by atoms with E-state index < -0.39 is 27.8 Å². The van der Waals surface area contributed by atoms with Crippen molar-refractivity contribution in [2.75, 3.05) is 49.5 Å². The number of aryl methyl sites for hydroxylation is 1. The number of nitriles is 2. The summed E-state index contributed by atoms with van der Waals surface area (Å²) in [4.78, 5) is 35.7. The number of alkyl halides is 3. The molecule has 3 aliphatic rings. The summed E-state index contributed by atoms with van der Waals surface area (Å²) in [6.45, 7) is 2.94. The summed E-state index contributed by atoms with van der Waals surface area (Å²) in [5.41, 5.74) is 2.11. The summed E-state index contributed by atoms with van der Waals surface area (Å²) in [6, 6.07) is 14.5. The fourth-order valence-electron chi connectivity index (χ4n) is 8.26. The van der Waals surface area contributed by atoms with Crippen LogP contribution in [0.1, 0.15) is 73.1 Å². The number of carbonyl (C=O) groups excluding carboxylic acids is 2. The summed E-state index contributed by atoms with van der Waals surface area (Å²) in [5, 5.41) is 30.3. The molecule has 3 saturated heterocycles. The van der Waals surface area contributed by atoms with Gasteiger partial charge in [0.25, 0.3) is 0 Å². The standard InChI is InChI=1S/C40H44F3N11O4S/c1-51-35-21-28(5-7-34(35)37(50-51)54-18-12-36(55)49-39(54)56)27-8-14-52(15-9-27)25-26(3-2-13-44)19-30-20-33(6-4-29(30)22-45)59(57,58)53-16-10-32(11-17-53)48-38-46-23-31(24-47-38)40(41,42)43/h4-7,20-21,23-24,26-27,32H,2-3,8-12,14-19,25H2,1H3,(H,46,47,48)(H,49,55,56). The molecule has 59 heavy (non-hydrogen) atoms. The van der Waals surface area contributed by atoms with E-state index in [1.54, 1.807) is 10.7 Å². The maximum Gasteiger partial charge on any atom is 0.419 e. The highest BCUT2D eigenvalue weighted by molar-refractivity contribution is 7.89. The number of anilines is 2. The number of rotatable bonds is 12. The Morgan fingerprint density at radius 3 is 2.37 bits per heavy atom. The van der Waals surface area contributed by atoms with Gasteiger partial charge in [0.15, 0.2) is 5.82 Å². The molecule has 0 aliphatic carbocycles. The van der Waals surface area contributed by atoms with E-state index >= 15 is 0 Å². The number of hydrogen-bond donors (Lipinski definition) is 2. The first-order valence-electron chi connectivity index (χ1n) is 19.6. The first kappa shape index (κ1) is 41.5. The predicted octanol–water partition coefficient (Wildman–Crippen LogP) is 5.31. The Morgan fingerprint density at radius 1 is 0.983 bits per heavy atom. The topological polar surface area (TPSA) is 193 Å². The highest BCUT2D eigenvalue weighted by Gasteiger charge is 2.34. The molecule has 1 atom stereocenters. The normalized spacial score (nSPS) is 18.4. The molecule has 0 radical (unpaired) electrons. The van der Waals surface area contributed by atoms with Crippen molar-refractivity contribution in [1.82, 2.24) is 34.3 Å². The van der Waals surface area contributed by atoms with Crippen molar-refractivity contribution in [3.05, 3.63) is 71.0 Å². The number of amides is 3. The Kier molecular flexibility index (Phi) is 12.2. The third-order valence-electron chi connectivity index (χ3n) is 11.5. The number of nitrogens with one attached hydrogen (secondary N) is 2. The van der Waals surface area contributed by atoms with Crippen LogP contribution in [-0.2, 0) is 34.5 Å². The highest BCUT2D eigenvalue weighted by atomic mass is 32.2. The first-order chi connectivity index (χ1) is 28.2. The monoisotopic (exact) mass is 831 g/mol. The summed E-state index contributed by atoms with van der Waals surface area (Å²) in [5.74, 6) is 0.553.